The lowest BCUT2D eigenvalue weighted by atomic mass is 9.74. The number of carbonyl (C=O) groups excluding carboxylic acids is 1. The molecule has 2 aromatic heterocycles. The van der Waals surface area contributed by atoms with Gasteiger partial charge in [0.15, 0.2) is 5.69 Å². The molecule has 184 valence electrons. The molecule has 5 atom stereocenters. The summed E-state index contributed by atoms with van der Waals surface area (Å²) in [5.74, 6) is -3.65. The normalized spacial score (nSPS) is 29.0. The molecule has 3 aliphatic rings. The fourth-order valence-corrected chi connectivity index (χ4v) is 4.96. The van der Waals surface area contributed by atoms with E-state index in [0.29, 0.717) is 18.9 Å². The summed E-state index contributed by atoms with van der Waals surface area (Å²) < 4.78 is 87.6. The van der Waals surface area contributed by atoms with E-state index in [-0.39, 0.29) is 29.4 Å². The smallest absolute Gasteiger partial charge is 0.390 e. The number of aromatic nitrogens is 3. The van der Waals surface area contributed by atoms with Gasteiger partial charge in [-0.15, -0.1) is 0 Å². The van der Waals surface area contributed by atoms with Gasteiger partial charge in [0, 0.05) is 42.8 Å². The van der Waals surface area contributed by atoms with Gasteiger partial charge in [0.05, 0.1) is 29.8 Å². The van der Waals surface area contributed by atoms with E-state index in [1.54, 1.807) is 0 Å². The zero-order valence-corrected chi connectivity index (χ0v) is 17.7. The topological polar surface area (TPSA) is 89.3 Å². The number of ether oxygens (including phenoxy) is 1. The third-order valence-corrected chi connectivity index (χ3v) is 6.53. The van der Waals surface area contributed by atoms with Gasteiger partial charge in [0.1, 0.15) is 5.82 Å². The second-order valence-electron chi connectivity index (χ2n) is 9.03. The molecule has 1 saturated carbocycles. The SMILES string of the molecule is Cn1cc(C2C3OC(CC3O)C2C(=O)Nc2cc(C(F)(F)F)cc(C3CC3)n2)c(C(F)(F)F)n1. The Kier molecular flexibility index (Phi) is 5.21. The molecule has 5 rings (SSSR count). The van der Waals surface area contributed by atoms with Crippen molar-refractivity contribution in [1.82, 2.24) is 14.8 Å². The fraction of sp³-hybridized carbons (Fsp3) is 0.571. The van der Waals surface area contributed by atoms with Crippen LogP contribution in [-0.2, 0) is 28.9 Å². The number of nitrogens with one attached hydrogen (secondary N) is 1. The average molecular weight is 490 g/mol. The van der Waals surface area contributed by atoms with E-state index in [0.717, 1.165) is 16.9 Å². The van der Waals surface area contributed by atoms with E-state index in [2.05, 4.69) is 15.4 Å². The van der Waals surface area contributed by atoms with Crippen molar-refractivity contribution >= 4 is 11.7 Å². The Bertz CT molecular complexity index is 1130. The lowest BCUT2D eigenvalue weighted by Gasteiger charge is -2.30. The maximum atomic E-state index is 13.6. The van der Waals surface area contributed by atoms with Gasteiger partial charge in [-0.3, -0.25) is 9.48 Å². The predicted octanol–water partition coefficient (Wildman–Crippen LogP) is 3.60. The molecule has 0 radical (unpaired) electrons. The molecule has 1 amide bonds. The van der Waals surface area contributed by atoms with Crippen LogP contribution >= 0.6 is 0 Å². The molecule has 2 aliphatic heterocycles. The molecule has 2 N–H and O–H groups in total. The van der Waals surface area contributed by atoms with E-state index in [1.165, 1.54) is 7.05 Å². The molecule has 7 nitrogen and oxygen atoms in total. The highest BCUT2D eigenvalue weighted by Gasteiger charge is 2.59. The lowest BCUT2D eigenvalue weighted by molar-refractivity contribution is -0.143. The number of nitrogens with zero attached hydrogens (tertiary/aromatic N) is 3. The van der Waals surface area contributed by atoms with Crippen LogP contribution in [0.1, 0.15) is 53.6 Å². The molecular weight excluding hydrogens is 470 g/mol. The quantitative estimate of drug-likeness (QED) is 0.640. The number of carbonyl (C=O) groups is 1. The number of aryl methyl sites for hydroxylation is 1. The number of hydrogen-bond donors (Lipinski definition) is 2. The number of rotatable bonds is 4. The summed E-state index contributed by atoms with van der Waals surface area (Å²) in [4.78, 5) is 17.4. The van der Waals surface area contributed by atoms with Crippen molar-refractivity contribution in [1.29, 1.82) is 0 Å². The van der Waals surface area contributed by atoms with Crippen LogP contribution in [0.5, 0.6) is 0 Å². The van der Waals surface area contributed by atoms with Gasteiger partial charge in [0.2, 0.25) is 5.91 Å². The number of fused-ring (bicyclic) bond motifs is 2. The van der Waals surface area contributed by atoms with E-state index >= 15 is 0 Å². The predicted molar refractivity (Wildman–Crippen MR) is 104 cm³/mol. The Morgan fingerprint density at radius 3 is 2.50 bits per heavy atom. The summed E-state index contributed by atoms with van der Waals surface area (Å²) in [6, 6.07) is 1.64. The molecule has 13 heteroatoms. The van der Waals surface area contributed by atoms with Gasteiger partial charge in [-0.05, 0) is 25.0 Å². The second kappa shape index (κ2) is 7.67. The number of anilines is 1. The molecule has 1 aliphatic carbocycles. The first-order valence-electron chi connectivity index (χ1n) is 10.7. The Morgan fingerprint density at radius 1 is 1.18 bits per heavy atom. The van der Waals surface area contributed by atoms with Gasteiger partial charge in [-0.25, -0.2) is 4.98 Å². The number of alkyl halides is 6. The number of pyridine rings is 1. The van der Waals surface area contributed by atoms with E-state index in [9.17, 15) is 36.2 Å². The van der Waals surface area contributed by atoms with Crippen LogP contribution in [0.25, 0.3) is 0 Å². The summed E-state index contributed by atoms with van der Waals surface area (Å²) >= 11 is 0. The highest BCUT2D eigenvalue weighted by atomic mass is 19.4. The molecule has 5 unspecified atom stereocenters. The van der Waals surface area contributed by atoms with E-state index < -0.39 is 59.7 Å². The Morgan fingerprint density at radius 2 is 1.88 bits per heavy atom. The Balaban J connectivity index is 1.49. The van der Waals surface area contributed by atoms with Crippen molar-refractivity contribution in [3.8, 4) is 0 Å². The summed E-state index contributed by atoms with van der Waals surface area (Å²) in [5.41, 5.74) is -2.28. The third-order valence-electron chi connectivity index (χ3n) is 6.53. The number of hydrogen-bond acceptors (Lipinski definition) is 5. The van der Waals surface area contributed by atoms with Crippen molar-refractivity contribution in [2.24, 2.45) is 13.0 Å². The standard InChI is InChI=1S/C21H20F6N4O3/c1-31-7-10(18(30-31)21(25,26)27)15-16(13-6-12(32)17(15)34-13)19(33)29-14-5-9(20(22,23)24)4-11(28-14)8-2-3-8/h4-5,7-8,12-13,15-17,32H,2-3,6H2,1H3,(H,28,29,33). The number of amides is 1. The molecule has 4 heterocycles. The lowest BCUT2D eigenvalue weighted by Crippen LogP contribution is -2.41. The molecule has 0 spiro atoms. The third kappa shape index (κ3) is 4.04. The van der Waals surface area contributed by atoms with Crippen LogP contribution in [-0.4, -0.2) is 44.1 Å². The highest BCUT2D eigenvalue weighted by Crippen LogP contribution is 2.51. The van der Waals surface area contributed by atoms with Crippen molar-refractivity contribution in [2.75, 3.05) is 5.32 Å². The van der Waals surface area contributed by atoms with Crippen LogP contribution < -0.4 is 5.32 Å². The molecule has 2 aromatic rings. The minimum atomic E-state index is -4.81. The van der Waals surface area contributed by atoms with Crippen LogP contribution in [0, 0.1) is 5.92 Å². The zero-order valence-electron chi connectivity index (χ0n) is 17.7. The van der Waals surface area contributed by atoms with Crippen molar-refractivity contribution < 1.29 is 41.0 Å². The molecule has 3 fully saturated rings. The number of halogens is 6. The van der Waals surface area contributed by atoms with Crippen LogP contribution in [0.3, 0.4) is 0 Å². The minimum absolute atomic E-state index is 0.0181. The monoisotopic (exact) mass is 490 g/mol. The maximum absolute atomic E-state index is 13.6. The summed E-state index contributed by atoms with van der Waals surface area (Å²) in [5, 5.41) is 16.1. The summed E-state index contributed by atoms with van der Waals surface area (Å²) in [6.07, 6.45) is -10.0. The van der Waals surface area contributed by atoms with Crippen LogP contribution in [0.4, 0.5) is 32.2 Å². The second-order valence-corrected chi connectivity index (χ2v) is 9.03. The van der Waals surface area contributed by atoms with Gasteiger partial charge < -0.3 is 15.2 Å². The van der Waals surface area contributed by atoms with Crippen LogP contribution in [0.15, 0.2) is 18.3 Å². The van der Waals surface area contributed by atoms with E-state index in [4.69, 9.17) is 4.74 Å². The first-order valence-corrected chi connectivity index (χ1v) is 10.7. The minimum Gasteiger partial charge on any atom is -0.390 e. The first-order chi connectivity index (χ1) is 15.8. The number of aliphatic hydroxyl groups is 1. The zero-order chi connectivity index (χ0) is 24.6. The molecular formula is C21H20F6N4O3. The van der Waals surface area contributed by atoms with Gasteiger partial charge in [-0.2, -0.15) is 31.4 Å². The van der Waals surface area contributed by atoms with Crippen molar-refractivity contribution in [3.05, 3.63) is 40.8 Å². The molecule has 2 bridgehead atoms. The van der Waals surface area contributed by atoms with Gasteiger partial charge in [0.25, 0.3) is 0 Å². The van der Waals surface area contributed by atoms with Gasteiger partial charge in [-0.1, -0.05) is 0 Å². The van der Waals surface area contributed by atoms with Crippen molar-refractivity contribution in [2.45, 2.75) is 61.8 Å². The summed E-state index contributed by atoms with van der Waals surface area (Å²) in [6.45, 7) is 0. The summed E-state index contributed by atoms with van der Waals surface area (Å²) in [7, 11) is 1.30. The highest BCUT2D eigenvalue weighted by molar-refractivity contribution is 5.93. The maximum Gasteiger partial charge on any atom is 0.435 e. The average Bonchev–Trinajstić information content (AvgIpc) is 3.26. The van der Waals surface area contributed by atoms with E-state index in [1.807, 2.05) is 0 Å². The van der Waals surface area contributed by atoms with Gasteiger partial charge >= 0.3 is 12.4 Å². The Labute approximate surface area is 189 Å². The largest absolute Gasteiger partial charge is 0.435 e. The first kappa shape index (κ1) is 23.1. The Hall–Kier alpha value is -2.67. The molecule has 34 heavy (non-hydrogen) atoms. The molecule has 0 aromatic carbocycles. The van der Waals surface area contributed by atoms with Crippen molar-refractivity contribution in [3.63, 3.8) is 0 Å². The number of aliphatic hydroxyl groups excluding tert-OH is 1. The van der Waals surface area contributed by atoms with Crippen LogP contribution in [0.2, 0.25) is 0 Å². The molecule has 2 saturated heterocycles. The fourth-order valence-electron chi connectivity index (χ4n) is 4.96.